The van der Waals surface area contributed by atoms with Gasteiger partial charge in [-0.05, 0) is 44.4 Å². The van der Waals surface area contributed by atoms with Crippen LogP contribution in [-0.2, 0) is 20.9 Å². The number of rotatable bonds is 6. The van der Waals surface area contributed by atoms with E-state index in [1.165, 1.54) is 0 Å². The van der Waals surface area contributed by atoms with E-state index in [0.717, 1.165) is 12.0 Å². The van der Waals surface area contributed by atoms with Gasteiger partial charge in [0.25, 0.3) is 0 Å². The molecule has 2 saturated heterocycles. The molecule has 2 fully saturated rings. The molecule has 3 aromatic rings. The van der Waals surface area contributed by atoms with E-state index in [1.807, 2.05) is 42.0 Å². The van der Waals surface area contributed by atoms with Crippen molar-refractivity contribution in [2.24, 2.45) is 0 Å². The van der Waals surface area contributed by atoms with Crippen LogP contribution in [0.15, 0.2) is 30.5 Å². The highest BCUT2D eigenvalue weighted by molar-refractivity contribution is 6.30. The first-order chi connectivity index (χ1) is 18.2. The van der Waals surface area contributed by atoms with Gasteiger partial charge in [0.2, 0.25) is 17.7 Å². The van der Waals surface area contributed by atoms with Gasteiger partial charge < -0.3 is 29.1 Å². The SMILES string of the molecule is CC(=O)N1CCN(c2nc(N3CCC[C@@H]3C(=O)OCc3ccc(Cl)cc3)c3cn(C(C)C)c(O)c3n2)CC1. The standard InChI is InChI=1S/C27H33ClN6O4/c1-17(2)34-15-21-23(25(34)36)29-27(32-13-11-31(12-14-32)18(3)35)30-24(21)33-10-4-5-22(33)26(37)38-16-19-6-8-20(28)9-7-19/h6-9,15,17,22,36H,4-5,10-14,16H2,1-3H3/t22-/m1/s1. The van der Waals surface area contributed by atoms with Gasteiger partial charge in [0, 0.05) is 56.9 Å². The van der Waals surface area contributed by atoms with Crippen LogP contribution in [0.4, 0.5) is 11.8 Å². The average Bonchev–Trinajstić information content (AvgIpc) is 3.53. The molecule has 202 valence electrons. The number of hydrogen-bond acceptors (Lipinski definition) is 8. The molecule has 1 aromatic carbocycles. The first-order valence-corrected chi connectivity index (χ1v) is 13.4. The summed E-state index contributed by atoms with van der Waals surface area (Å²) in [5, 5.41) is 12.4. The van der Waals surface area contributed by atoms with E-state index >= 15 is 0 Å². The number of amides is 1. The summed E-state index contributed by atoms with van der Waals surface area (Å²) < 4.78 is 7.46. The highest BCUT2D eigenvalue weighted by Crippen LogP contribution is 2.38. The molecule has 1 amide bonds. The summed E-state index contributed by atoms with van der Waals surface area (Å²) in [6, 6.07) is 6.74. The zero-order valence-electron chi connectivity index (χ0n) is 21.9. The summed E-state index contributed by atoms with van der Waals surface area (Å²) in [5.41, 5.74) is 1.32. The van der Waals surface area contributed by atoms with Crippen LogP contribution in [0, 0.1) is 0 Å². The Bertz CT molecular complexity index is 1330. The minimum Gasteiger partial charge on any atom is -0.493 e. The summed E-state index contributed by atoms with van der Waals surface area (Å²) in [6.07, 6.45) is 3.32. The molecule has 11 heteroatoms. The van der Waals surface area contributed by atoms with E-state index in [2.05, 4.69) is 0 Å². The monoisotopic (exact) mass is 540 g/mol. The smallest absolute Gasteiger partial charge is 0.329 e. The van der Waals surface area contributed by atoms with Crippen molar-refractivity contribution in [3.05, 3.63) is 41.0 Å². The molecular formula is C27H33ClN6O4. The van der Waals surface area contributed by atoms with E-state index in [9.17, 15) is 14.7 Å². The molecule has 0 aliphatic carbocycles. The molecule has 0 spiro atoms. The number of benzene rings is 1. The predicted octanol–water partition coefficient (Wildman–Crippen LogP) is 3.75. The fourth-order valence-electron chi connectivity index (χ4n) is 5.13. The minimum atomic E-state index is -0.493. The molecule has 4 heterocycles. The molecule has 2 aliphatic rings. The summed E-state index contributed by atoms with van der Waals surface area (Å²) >= 11 is 5.97. The second kappa shape index (κ2) is 10.7. The molecule has 2 aromatic heterocycles. The normalized spacial score (nSPS) is 18.0. The topological polar surface area (TPSA) is 104 Å². The summed E-state index contributed by atoms with van der Waals surface area (Å²) in [4.78, 5) is 40.5. The Balaban J connectivity index is 1.46. The Kier molecular flexibility index (Phi) is 7.34. The molecule has 10 nitrogen and oxygen atoms in total. The molecule has 1 atom stereocenters. The van der Waals surface area contributed by atoms with Crippen molar-refractivity contribution in [3.63, 3.8) is 0 Å². The lowest BCUT2D eigenvalue weighted by Crippen LogP contribution is -2.48. The molecule has 0 radical (unpaired) electrons. The zero-order chi connectivity index (χ0) is 27.0. The summed E-state index contributed by atoms with van der Waals surface area (Å²) in [6.45, 7) is 8.67. The van der Waals surface area contributed by atoms with Gasteiger partial charge in [-0.1, -0.05) is 23.7 Å². The Hall–Kier alpha value is -3.53. The quantitative estimate of drug-likeness (QED) is 0.471. The van der Waals surface area contributed by atoms with Crippen molar-refractivity contribution in [2.45, 2.75) is 52.3 Å². The largest absolute Gasteiger partial charge is 0.493 e. The molecule has 0 saturated carbocycles. The molecule has 2 aliphatic heterocycles. The van der Waals surface area contributed by atoms with Crippen molar-refractivity contribution in [3.8, 4) is 5.88 Å². The number of halogens is 1. The molecule has 0 unspecified atom stereocenters. The highest BCUT2D eigenvalue weighted by Gasteiger charge is 2.36. The third-order valence-corrected chi connectivity index (χ3v) is 7.55. The van der Waals surface area contributed by atoms with Crippen molar-refractivity contribution in [1.82, 2.24) is 19.4 Å². The van der Waals surface area contributed by atoms with Gasteiger partial charge >= 0.3 is 5.97 Å². The van der Waals surface area contributed by atoms with Crippen LogP contribution >= 0.6 is 11.6 Å². The van der Waals surface area contributed by atoms with Gasteiger partial charge in [-0.3, -0.25) is 4.79 Å². The Morgan fingerprint density at radius 3 is 2.47 bits per heavy atom. The summed E-state index contributed by atoms with van der Waals surface area (Å²) in [7, 11) is 0. The molecule has 5 rings (SSSR count). The van der Waals surface area contributed by atoms with Crippen LogP contribution in [0.25, 0.3) is 10.9 Å². The van der Waals surface area contributed by atoms with Gasteiger partial charge in [-0.2, -0.15) is 4.98 Å². The predicted molar refractivity (Wildman–Crippen MR) is 146 cm³/mol. The van der Waals surface area contributed by atoms with Crippen LogP contribution in [0.3, 0.4) is 0 Å². The number of esters is 1. The van der Waals surface area contributed by atoms with Gasteiger partial charge in [-0.25, -0.2) is 9.78 Å². The maximum Gasteiger partial charge on any atom is 0.329 e. The van der Waals surface area contributed by atoms with Crippen LogP contribution in [0.1, 0.15) is 45.2 Å². The highest BCUT2D eigenvalue weighted by atomic mass is 35.5. The number of ether oxygens (including phenoxy) is 1. The molecule has 38 heavy (non-hydrogen) atoms. The van der Waals surface area contributed by atoms with Crippen molar-refractivity contribution < 1.29 is 19.4 Å². The fourth-order valence-corrected chi connectivity index (χ4v) is 5.26. The van der Waals surface area contributed by atoms with Gasteiger partial charge in [0.15, 0.2) is 0 Å². The van der Waals surface area contributed by atoms with Gasteiger partial charge in [-0.15, -0.1) is 0 Å². The lowest BCUT2D eigenvalue weighted by molar-refractivity contribution is -0.146. The van der Waals surface area contributed by atoms with Crippen molar-refractivity contribution in [1.29, 1.82) is 0 Å². The first-order valence-electron chi connectivity index (χ1n) is 13.0. The Morgan fingerprint density at radius 1 is 1.11 bits per heavy atom. The minimum absolute atomic E-state index is 0.0123. The lowest BCUT2D eigenvalue weighted by atomic mass is 10.2. The second-order valence-corrected chi connectivity index (χ2v) is 10.6. The van der Waals surface area contributed by atoms with E-state index in [4.69, 9.17) is 26.3 Å². The number of anilines is 2. The number of carbonyl (C=O) groups is 2. The number of hydrogen-bond donors (Lipinski definition) is 1. The van der Waals surface area contributed by atoms with E-state index in [0.29, 0.717) is 66.8 Å². The Labute approximate surface area is 226 Å². The first kappa shape index (κ1) is 26.1. The van der Waals surface area contributed by atoms with E-state index in [1.54, 1.807) is 28.5 Å². The molecular weight excluding hydrogens is 508 g/mol. The number of fused-ring (bicyclic) bond motifs is 1. The third-order valence-electron chi connectivity index (χ3n) is 7.29. The van der Waals surface area contributed by atoms with Crippen molar-refractivity contribution in [2.75, 3.05) is 42.5 Å². The van der Waals surface area contributed by atoms with Gasteiger partial charge in [0.05, 0.1) is 5.39 Å². The van der Waals surface area contributed by atoms with Crippen molar-refractivity contribution >= 4 is 46.1 Å². The Morgan fingerprint density at radius 2 is 1.82 bits per heavy atom. The number of aromatic nitrogens is 3. The van der Waals surface area contributed by atoms with Crippen LogP contribution in [-0.4, -0.2) is 75.2 Å². The lowest BCUT2D eigenvalue weighted by Gasteiger charge is -2.34. The molecule has 0 bridgehead atoms. The van der Waals surface area contributed by atoms with E-state index < -0.39 is 6.04 Å². The van der Waals surface area contributed by atoms with Gasteiger partial charge in [0.1, 0.15) is 24.0 Å². The number of carbonyl (C=O) groups excluding carboxylic acids is 2. The van der Waals surface area contributed by atoms with Crippen LogP contribution in [0.2, 0.25) is 5.02 Å². The van der Waals surface area contributed by atoms with Crippen LogP contribution in [0.5, 0.6) is 5.88 Å². The maximum atomic E-state index is 13.2. The van der Waals surface area contributed by atoms with E-state index in [-0.39, 0.29) is 30.4 Å². The fraction of sp³-hybridized carbons (Fsp3) is 0.481. The number of aromatic hydroxyl groups is 1. The zero-order valence-corrected chi connectivity index (χ0v) is 22.7. The third kappa shape index (κ3) is 5.09. The number of nitrogens with zero attached hydrogens (tertiary/aromatic N) is 6. The maximum absolute atomic E-state index is 13.2. The van der Waals surface area contributed by atoms with Crippen LogP contribution < -0.4 is 9.80 Å². The average molecular weight is 541 g/mol. The summed E-state index contributed by atoms with van der Waals surface area (Å²) in [5.74, 6) is 0.898. The number of piperazine rings is 1. The molecule has 1 N–H and O–H groups in total. The second-order valence-electron chi connectivity index (χ2n) is 10.1.